The summed E-state index contributed by atoms with van der Waals surface area (Å²) in [6.45, 7) is 3.61. The van der Waals surface area contributed by atoms with Gasteiger partial charge < -0.3 is 25.4 Å². The number of hydrogen-bond acceptors (Lipinski definition) is 6. The zero-order chi connectivity index (χ0) is 24.5. The van der Waals surface area contributed by atoms with E-state index in [1.165, 1.54) is 7.11 Å². The average Bonchev–Trinajstić information content (AvgIpc) is 2.83. The van der Waals surface area contributed by atoms with Crippen molar-refractivity contribution in [1.29, 1.82) is 0 Å². The summed E-state index contributed by atoms with van der Waals surface area (Å²) in [4.78, 5) is 36.7. The second-order valence-electron chi connectivity index (χ2n) is 7.66. The Hall–Kier alpha value is -4.33. The highest BCUT2D eigenvalue weighted by Gasteiger charge is 2.11. The first-order chi connectivity index (χ1) is 16.4. The van der Waals surface area contributed by atoms with Crippen LogP contribution in [-0.4, -0.2) is 37.5 Å². The van der Waals surface area contributed by atoms with E-state index in [1.807, 2.05) is 6.07 Å². The molecule has 0 saturated heterocycles. The molecule has 0 saturated carbocycles. The fourth-order valence-corrected chi connectivity index (χ4v) is 3.04. The second kappa shape index (κ2) is 11.5. The lowest BCUT2D eigenvalue weighted by molar-refractivity contribution is -0.114. The lowest BCUT2D eigenvalue weighted by Crippen LogP contribution is -2.22. The van der Waals surface area contributed by atoms with E-state index in [0.29, 0.717) is 33.9 Å². The maximum absolute atomic E-state index is 12.5. The lowest BCUT2D eigenvalue weighted by atomic mass is 10.2. The molecule has 0 fully saturated rings. The summed E-state index contributed by atoms with van der Waals surface area (Å²) in [5.74, 6) is -0.365. The van der Waals surface area contributed by atoms with Crippen LogP contribution in [0.4, 0.5) is 17.1 Å². The van der Waals surface area contributed by atoms with E-state index in [4.69, 9.17) is 9.47 Å². The minimum atomic E-state index is -0.390. The molecule has 34 heavy (non-hydrogen) atoms. The van der Waals surface area contributed by atoms with Gasteiger partial charge in [-0.1, -0.05) is 12.1 Å². The third-order valence-corrected chi connectivity index (χ3v) is 4.70. The second-order valence-corrected chi connectivity index (χ2v) is 7.66. The molecular formula is C26H27N3O5. The summed E-state index contributed by atoms with van der Waals surface area (Å²) in [6, 6.07) is 20.4. The number of para-hydroxylation sites is 2. The molecule has 0 bridgehead atoms. The van der Waals surface area contributed by atoms with Crippen molar-refractivity contribution in [1.82, 2.24) is 0 Å². The van der Waals surface area contributed by atoms with Crippen molar-refractivity contribution in [2.75, 3.05) is 29.6 Å². The molecule has 3 rings (SSSR count). The van der Waals surface area contributed by atoms with E-state index in [9.17, 15) is 14.4 Å². The van der Waals surface area contributed by atoms with Crippen LogP contribution in [0.1, 0.15) is 34.6 Å². The van der Waals surface area contributed by atoms with Crippen LogP contribution in [0.5, 0.6) is 5.75 Å². The van der Waals surface area contributed by atoms with Gasteiger partial charge in [0.25, 0.3) is 5.91 Å². The van der Waals surface area contributed by atoms with Crippen LogP contribution in [0.15, 0.2) is 72.8 Å². The summed E-state index contributed by atoms with van der Waals surface area (Å²) < 4.78 is 10.4. The van der Waals surface area contributed by atoms with Crippen LogP contribution in [0, 0.1) is 0 Å². The zero-order valence-electron chi connectivity index (χ0n) is 19.3. The Bertz CT molecular complexity index is 1140. The number of carbonyl (C=O) groups excluding carboxylic acids is 3. The first-order valence-corrected chi connectivity index (χ1v) is 10.7. The van der Waals surface area contributed by atoms with Gasteiger partial charge in [-0.05, 0) is 74.5 Å². The van der Waals surface area contributed by atoms with Crippen LogP contribution < -0.4 is 20.7 Å². The third kappa shape index (κ3) is 6.83. The van der Waals surface area contributed by atoms with E-state index in [-0.39, 0.29) is 30.4 Å². The standard InChI is InChI=1S/C26H27N3O5/c1-17(2)34-26(32)19-10-12-20(13-11-19)27-16-24(30)28-21-14-8-18(9-15-21)25(31)29-22-6-4-5-7-23(22)33-3/h4-15,17,27H,16H2,1-3H3,(H,28,30)(H,29,31). The van der Waals surface area contributed by atoms with E-state index in [0.717, 1.165) is 0 Å². The molecule has 8 nitrogen and oxygen atoms in total. The Labute approximate surface area is 198 Å². The molecule has 0 spiro atoms. The maximum Gasteiger partial charge on any atom is 0.338 e. The van der Waals surface area contributed by atoms with Crippen molar-refractivity contribution in [3.05, 3.63) is 83.9 Å². The van der Waals surface area contributed by atoms with E-state index in [1.54, 1.807) is 80.6 Å². The van der Waals surface area contributed by atoms with Gasteiger partial charge in [0.15, 0.2) is 0 Å². The highest BCUT2D eigenvalue weighted by molar-refractivity contribution is 6.05. The molecule has 2 amide bonds. The number of anilines is 3. The van der Waals surface area contributed by atoms with Crippen LogP contribution in [-0.2, 0) is 9.53 Å². The van der Waals surface area contributed by atoms with Gasteiger partial charge in [-0.15, -0.1) is 0 Å². The largest absolute Gasteiger partial charge is 0.495 e. The summed E-state index contributed by atoms with van der Waals surface area (Å²) >= 11 is 0. The van der Waals surface area contributed by atoms with Gasteiger partial charge in [-0.2, -0.15) is 0 Å². The summed E-state index contributed by atoms with van der Waals surface area (Å²) in [5, 5.41) is 8.58. The molecule has 0 aliphatic carbocycles. The van der Waals surface area contributed by atoms with Crippen LogP contribution >= 0.6 is 0 Å². The lowest BCUT2D eigenvalue weighted by Gasteiger charge is -2.11. The summed E-state index contributed by atoms with van der Waals surface area (Å²) in [6.07, 6.45) is -0.190. The third-order valence-electron chi connectivity index (χ3n) is 4.70. The van der Waals surface area contributed by atoms with Crippen molar-refractivity contribution < 1.29 is 23.9 Å². The Kier molecular flexibility index (Phi) is 8.23. The smallest absolute Gasteiger partial charge is 0.338 e. The SMILES string of the molecule is COc1ccccc1NC(=O)c1ccc(NC(=O)CNc2ccc(C(=O)OC(C)C)cc2)cc1. The molecule has 176 valence electrons. The molecule has 3 N–H and O–H groups in total. The minimum absolute atomic E-state index is 0.0336. The van der Waals surface area contributed by atoms with E-state index < -0.39 is 0 Å². The first-order valence-electron chi connectivity index (χ1n) is 10.7. The molecule has 0 unspecified atom stereocenters. The number of rotatable bonds is 9. The molecule has 3 aromatic rings. The maximum atomic E-state index is 12.5. The highest BCUT2D eigenvalue weighted by Crippen LogP contribution is 2.24. The van der Waals surface area contributed by atoms with Gasteiger partial charge >= 0.3 is 5.97 Å². The molecule has 0 heterocycles. The molecule has 8 heteroatoms. The quantitative estimate of drug-likeness (QED) is 0.403. The topological polar surface area (TPSA) is 106 Å². The molecule has 0 aliphatic heterocycles. The number of ether oxygens (including phenoxy) is 2. The monoisotopic (exact) mass is 461 g/mol. The van der Waals surface area contributed by atoms with Crippen molar-refractivity contribution in [2.45, 2.75) is 20.0 Å². The molecule has 0 atom stereocenters. The average molecular weight is 462 g/mol. The number of methoxy groups -OCH3 is 1. The van der Waals surface area contributed by atoms with Gasteiger partial charge in [0.2, 0.25) is 5.91 Å². The van der Waals surface area contributed by atoms with Gasteiger partial charge in [0.05, 0.1) is 31.0 Å². The normalized spacial score (nSPS) is 10.4. The van der Waals surface area contributed by atoms with Crippen LogP contribution in [0.2, 0.25) is 0 Å². The Morgan fingerprint density at radius 2 is 1.41 bits per heavy atom. The van der Waals surface area contributed by atoms with Crippen molar-refractivity contribution in [3.63, 3.8) is 0 Å². The Morgan fingerprint density at radius 3 is 2.06 bits per heavy atom. The number of amides is 2. The van der Waals surface area contributed by atoms with Crippen LogP contribution in [0.3, 0.4) is 0 Å². The number of carbonyl (C=O) groups is 3. The predicted octanol–water partition coefficient (Wildman–Crippen LogP) is 4.56. The molecule has 0 aromatic heterocycles. The molecule has 0 radical (unpaired) electrons. The van der Waals surface area contributed by atoms with Crippen LogP contribution in [0.25, 0.3) is 0 Å². The minimum Gasteiger partial charge on any atom is -0.495 e. The van der Waals surface area contributed by atoms with Crippen molar-refractivity contribution in [2.24, 2.45) is 0 Å². The molecular weight excluding hydrogens is 434 g/mol. The van der Waals surface area contributed by atoms with Gasteiger partial charge in [0.1, 0.15) is 5.75 Å². The van der Waals surface area contributed by atoms with Gasteiger partial charge in [-0.25, -0.2) is 4.79 Å². The number of hydrogen-bond donors (Lipinski definition) is 3. The van der Waals surface area contributed by atoms with Gasteiger partial charge in [-0.3, -0.25) is 9.59 Å². The number of nitrogens with one attached hydrogen (secondary N) is 3. The fraction of sp³-hybridized carbons (Fsp3) is 0.192. The Balaban J connectivity index is 1.50. The van der Waals surface area contributed by atoms with Crippen molar-refractivity contribution in [3.8, 4) is 5.75 Å². The number of esters is 1. The first kappa shape index (κ1) is 24.3. The Morgan fingerprint density at radius 1 is 0.794 bits per heavy atom. The summed E-state index contributed by atoms with van der Waals surface area (Å²) in [7, 11) is 1.54. The van der Waals surface area contributed by atoms with Crippen molar-refractivity contribution >= 4 is 34.8 Å². The van der Waals surface area contributed by atoms with Gasteiger partial charge in [0, 0.05) is 16.9 Å². The zero-order valence-corrected chi connectivity index (χ0v) is 19.3. The fourth-order valence-electron chi connectivity index (χ4n) is 3.04. The summed E-state index contributed by atoms with van der Waals surface area (Å²) in [5.41, 5.74) is 2.71. The van der Waals surface area contributed by atoms with E-state index in [2.05, 4.69) is 16.0 Å². The molecule has 3 aromatic carbocycles. The number of benzene rings is 3. The van der Waals surface area contributed by atoms with E-state index >= 15 is 0 Å². The highest BCUT2D eigenvalue weighted by atomic mass is 16.5. The predicted molar refractivity (Wildman–Crippen MR) is 132 cm³/mol. The molecule has 0 aliphatic rings.